The molecule has 2 aromatic heterocycles. The second-order valence-electron chi connectivity index (χ2n) is 5.52. The summed E-state index contributed by atoms with van der Waals surface area (Å²) in [5, 5.41) is 13.9. The van der Waals surface area contributed by atoms with Crippen molar-refractivity contribution in [3.63, 3.8) is 0 Å². The van der Waals surface area contributed by atoms with Gasteiger partial charge in [-0.15, -0.1) is 16.4 Å². The molecule has 0 saturated heterocycles. The molecule has 3 rings (SSSR count). The molecule has 0 saturated carbocycles. The van der Waals surface area contributed by atoms with E-state index in [1.807, 2.05) is 17.5 Å². The van der Waals surface area contributed by atoms with E-state index in [0.717, 1.165) is 10.6 Å². The van der Waals surface area contributed by atoms with Gasteiger partial charge in [0.15, 0.2) is 0 Å². The van der Waals surface area contributed by atoms with E-state index >= 15 is 0 Å². The summed E-state index contributed by atoms with van der Waals surface area (Å²) in [5.74, 6) is 1.40. The number of hydrogen-bond acceptors (Lipinski definition) is 6. The number of nitrogens with one attached hydrogen (secondary N) is 2. The molecule has 0 amide bonds. The minimum absolute atomic E-state index is 0.544. The molecule has 124 valence electrons. The summed E-state index contributed by atoms with van der Waals surface area (Å²) >= 11 is 3.25. The smallest absolute Gasteiger partial charge is 0.240 e. The number of H-pyrrole nitrogens is 1. The Morgan fingerprint density at radius 2 is 2.08 bits per heavy atom. The van der Waals surface area contributed by atoms with Crippen molar-refractivity contribution >= 4 is 35.3 Å². The highest BCUT2D eigenvalue weighted by atomic mass is 32.2. The topological polar surface area (TPSA) is 66.0 Å². The third-order valence-corrected chi connectivity index (χ3v) is 5.24. The average Bonchev–Trinajstić information content (AvgIpc) is 3.18. The molecule has 0 radical (unpaired) electrons. The number of thioether (sulfide) groups is 1. The van der Waals surface area contributed by atoms with Crippen LogP contribution < -0.4 is 5.43 Å². The van der Waals surface area contributed by atoms with Crippen LogP contribution >= 0.6 is 23.1 Å². The van der Waals surface area contributed by atoms with Crippen LogP contribution in [-0.4, -0.2) is 21.4 Å². The molecular formula is C17H19N5S2. The van der Waals surface area contributed by atoms with Gasteiger partial charge in [-0.05, 0) is 48.9 Å². The minimum atomic E-state index is 0.544. The van der Waals surface area contributed by atoms with Gasteiger partial charge in [0, 0.05) is 10.6 Å². The molecular weight excluding hydrogens is 338 g/mol. The maximum atomic E-state index is 4.40. The minimum Gasteiger partial charge on any atom is -0.246 e. The zero-order valence-electron chi connectivity index (χ0n) is 13.8. The number of aryl methyl sites for hydroxylation is 3. The quantitative estimate of drug-likeness (QED) is 0.386. The summed E-state index contributed by atoms with van der Waals surface area (Å²) in [5.41, 5.74) is 8.14. The summed E-state index contributed by atoms with van der Waals surface area (Å²) in [6, 6.07) is 8.42. The molecule has 7 heteroatoms. The SMILES string of the molecule is Cc1cc(C)c(CSc2n[nH]c(N/N=C\c3cccs3)n2)c(C)c1. The van der Waals surface area contributed by atoms with Crippen LogP contribution in [0.5, 0.6) is 0 Å². The Morgan fingerprint density at radius 1 is 1.29 bits per heavy atom. The third kappa shape index (κ3) is 4.24. The molecule has 0 spiro atoms. The van der Waals surface area contributed by atoms with Crippen LogP contribution in [-0.2, 0) is 5.75 Å². The van der Waals surface area contributed by atoms with Crippen molar-refractivity contribution in [3.8, 4) is 0 Å². The molecule has 24 heavy (non-hydrogen) atoms. The van der Waals surface area contributed by atoms with Gasteiger partial charge < -0.3 is 0 Å². The van der Waals surface area contributed by atoms with E-state index in [1.54, 1.807) is 29.3 Å². The molecule has 0 fully saturated rings. The van der Waals surface area contributed by atoms with Gasteiger partial charge >= 0.3 is 0 Å². The summed E-state index contributed by atoms with van der Waals surface area (Å²) in [6.07, 6.45) is 1.76. The molecule has 0 atom stereocenters. The van der Waals surface area contributed by atoms with E-state index < -0.39 is 0 Å². The van der Waals surface area contributed by atoms with Crippen molar-refractivity contribution in [3.05, 3.63) is 56.8 Å². The van der Waals surface area contributed by atoms with E-state index in [9.17, 15) is 0 Å². The number of nitrogens with zero attached hydrogens (tertiary/aromatic N) is 3. The van der Waals surface area contributed by atoms with Gasteiger partial charge in [0.2, 0.25) is 11.1 Å². The predicted octanol–water partition coefficient (Wildman–Crippen LogP) is 4.53. The highest BCUT2D eigenvalue weighted by Gasteiger charge is 2.08. The van der Waals surface area contributed by atoms with Crippen molar-refractivity contribution in [1.82, 2.24) is 15.2 Å². The first kappa shape index (κ1) is 16.7. The van der Waals surface area contributed by atoms with Gasteiger partial charge in [-0.1, -0.05) is 35.5 Å². The first-order valence-corrected chi connectivity index (χ1v) is 9.43. The molecule has 2 N–H and O–H groups in total. The van der Waals surface area contributed by atoms with E-state index in [0.29, 0.717) is 11.1 Å². The Labute approximate surface area is 149 Å². The first-order chi connectivity index (χ1) is 11.6. The van der Waals surface area contributed by atoms with Gasteiger partial charge in [0.05, 0.1) is 6.21 Å². The number of anilines is 1. The van der Waals surface area contributed by atoms with Crippen LogP contribution in [0.25, 0.3) is 0 Å². The third-order valence-electron chi connectivity index (χ3n) is 3.56. The summed E-state index contributed by atoms with van der Waals surface area (Å²) < 4.78 is 0. The van der Waals surface area contributed by atoms with Gasteiger partial charge in [-0.2, -0.15) is 10.1 Å². The number of thiophene rings is 1. The molecule has 5 nitrogen and oxygen atoms in total. The number of hydrogen-bond donors (Lipinski definition) is 2. The van der Waals surface area contributed by atoms with E-state index in [2.05, 4.69) is 58.6 Å². The Bertz CT molecular complexity index is 814. The normalized spacial score (nSPS) is 11.3. The average molecular weight is 358 g/mol. The number of aromatic nitrogens is 3. The molecule has 2 heterocycles. The van der Waals surface area contributed by atoms with Crippen LogP contribution in [0.15, 0.2) is 39.9 Å². The highest BCUT2D eigenvalue weighted by Crippen LogP contribution is 2.25. The van der Waals surface area contributed by atoms with Gasteiger partial charge in [0.25, 0.3) is 0 Å². The lowest BCUT2D eigenvalue weighted by molar-refractivity contribution is 0.972. The number of hydrazone groups is 1. The van der Waals surface area contributed by atoms with Crippen LogP contribution in [0.2, 0.25) is 0 Å². The van der Waals surface area contributed by atoms with E-state index in [1.165, 1.54) is 22.3 Å². The standard InChI is InChI=1S/C17H19N5S2/c1-11-7-12(2)15(13(3)8-11)10-24-17-19-16(21-22-17)20-18-9-14-5-4-6-23-14/h4-9H,10H2,1-3H3,(H2,19,20,21,22)/b18-9-. The molecule has 0 aliphatic rings. The fourth-order valence-electron chi connectivity index (χ4n) is 2.46. The van der Waals surface area contributed by atoms with E-state index in [-0.39, 0.29) is 0 Å². The molecule has 0 aliphatic carbocycles. The fraction of sp³-hybridized carbons (Fsp3) is 0.235. The maximum absolute atomic E-state index is 4.40. The van der Waals surface area contributed by atoms with Crippen molar-refractivity contribution in [2.24, 2.45) is 5.10 Å². The number of aromatic amines is 1. The molecule has 1 aromatic carbocycles. The van der Waals surface area contributed by atoms with Crippen molar-refractivity contribution in [1.29, 1.82) is 0 Å². The molecule has 0 bridgehead atoms. The van der Waals surface area contributed by atoms with Crippen LogP contribution in [0, 0.1) is 20.8 Å². The van der Waals surface area contributed by atoms with Crippen molar-refractivity contribution in [2.45, 2.75) is 31.7 Å². The molecule has 0 unspecified atom stereocenters. The lowest BCUT2D eigenvalue weighted by atomic mass is 10.0. The van der Waals surface area contributed by atoms with Crippen LogP contribution in [0.4, 0.5) is 5.95 Å². The Kier molecular flexibility index (Phi) is 5.32. The van der Waals surface area contributed by atoms with Crippen LogP contribution in [0.1, 0.15) is 27.1 Å². The summed E-state index contributed by atoms with van der Waals surface area (Å²) in [6.45, 7) is 6.43. The number of benzene rings is 1. The van der Waals surface area contributed by atoms with Gasteiger partial charge in [-0.3, -0.25) is 0 Å². The lowest BCUT2D eigenvalue weighted by Gasteiger charge is -2.09. The van der Waals surface area contributed by atoms with E-state index in [4.69, 9.17) is 0 Å². The summed E-state index contributed by atoms with van der Waals surface area (Å²) in [4.78, 5) is 5.48. The summed E-state index contributed by atoms with van der Waals surface area (Å²) in [7, 11) is 0. The Hall–Kier alpha value is -2.12. The largest absolute Gasteiger partial charge is 0.246 e. The molecule has 3 aromatic rings. The van der Waals surface area contributed by atoms with Crippen molar-refractivity contribution < 1.29 is 0 Å². The van der Waals surface area contributed by atoms with Crippen molar-refractivity contribution in [2.75, 3.05) is 5.43 Å². The zero-order chi connectivity index (χ0) is 16.9. The Morgan fingerprint density at radius 3 is 2.79 bits per heavy atom. The molecule has 0 aliphatic heterocycles. The van der Waals surface area contributed by atoms with Gasteiger partial charge in [0.1, 0.15) is 0 Å². The number of rotatable bonds is 6. The first-order valence-electron chi connectivity index (χ1n) is 7.56. The zero-order valence-corrected chi connectivity index (χ0v) is 15.5. The second kappa shape index (κ2) is 7.63. The van der Waals surface area contributed by atoms with Gasteiger partial charge in [-0.25, -0.2) is 10.5 Å². The highest BCUT2D eigenvalue weighted by molar-refractivity contribution is 7.98. The second-order valence-corrected chi connectivity index (χ2v) is 7.44. The monoisotopic (exact) mass is 357 g/mol. The Balaban J connectivity index is 1.58. The predicted molar refractivity (Wildman–Crippen MR) is 102 cm³/mol. The van der Waals surface area contributed by atoms with Crippen LogP contribution in [0.3, 0.4) is 0 Å². The maximum Gasteiger partial charge on any atom is 0.240 e. The fourth-order valence-corrected chi connectivity index (χ4v) is 4.04. The lowest BCUT2D eigenvalue weighted by Crippen LogP contribution is -1.93.